The summed E-state index contributed by atoms with van der Waals surface area (Å²) in [4.78, 5) is 19.4. The maximum Gasteiger partial charge on any atom is 0.231 e. The van der Waals surface area contributed by atoms with Gasteiger partial charge in [0, 0.05) is 25.4 Å². The number of hydrogen-bond acceptors (Lipinski definition) is 2. The van der Waals surface area contributed by atoms with Crippen molar-refractivity contribution in [3.63, 3.8) is 0 Å². The summed E-state index contributed by atoms with van der Waals surface area (Å²) < 4.78 is 2.07. The lowest BCUT2D eigenvalue weighted by Gasteiger charge is -2.29. The fourth-order valence-corrected chi connectivity index (χ4v) is 3.44. The van der Waals surface area contributed by atoms with Crippen molar-refractivity contribution in [2.45, 2.75) is 18.8 Å². The van der Waals surface area contributed by atoms with E-state index in [2.05, 4.69) is 16.5 Å². The second kappa shape index (κ2) is 5.54. The van der Waals surface area contributed by atoms with E-state index in [-0.39, 0.29) is 11.8 Å². The topological polar surface area (TPSA) is 37.6 Å². The Balaban J connectivity index is 1.95. The lowest BCUT2D eigenvalue weighted by molar-refractivity contribution is -0.133. The predicted molar refractivity (Wildman–Crippen MR) is 90.2 cm³/mol. The van der Waals surface area contributed by atoms with Gasteiger partial charge in [0.05, 0.1) is 17.3 Å². The van der Waals surface area contributed by atoms with E-state index in [4.69, 9.17) is 4.98 Å². The van der Waals surface area contributed by atoms with Crippen molar-refractivity contribution >= 4 is 11.6 Å². The Bertz CT molecular complexity index is 853. The first-order valence-electron chi connectivity index (χ1n) is 8.03. The van der Waals surface area contributed by atoms with Gasteiger partial charge in [-0.3, -0.25) is 4.79 Å². The molecule has 0 N–H and O–H groups in total. The van der Waals surface area contributed by atoms with Gasteiger partial charge in [-0.25, -0.2) is 4.98 Å². The smallest absolute Gasteiger partial charge is 0.231 e. The van der Waals surface area contributed by atoms with Crippen molar-refractivity contribution in [2.75, 3.05) is 13.6 Å². The molecule has 1 aromatic carbocycles. The predicted octanol–water partition coefficient (Wildman–Crippen LogP) is 3.34. The molecule has 4 nitrogen and oxygen atoms in total. The number of imidazole rings is 1. The fourth-order valence-electron chi connectivity index (χ4n) is 3.44. The summed E-state index contributed by atoms with van der Waals surface area (Å²) in [7, 11) is 1.89. The molecule has 0 aliphatic carbocycles. The van der Waals surface area contributed by atoms with Crippen LogP contribution in [-0.4, -0.2) is 33.8 Å². The molecule has 1 unspecified atom stereocenters. The van der Waals surface area contributed by atoms with Crippen LogP contribution in [-0.2, 0) is 4.79 Å². The van der Waals surface area contributed by atoms with Crippen molar-refractivity contribution in [1.82, 2.24) is 14.3 Å². The SMILES string of the molecule is CN1CCCC(c2c(-c3ccccc3)nc3ccccn23)C1=O. The highest BCUT2D eigenvalue weighted by atomic mass is 16.2. The number of piperidine rings is 1. The number of likely N-dealkylation sites (tertiary alicyclic amines) is 1. The molecule has 3 heterocycles. The number of fused-ring (bicyclic) bond motifs is 1. The van der Waals surface area contributed by atoms with Crippen LogP contribution in [0.15, 0.2) is 54.7 Å². The largest absolute Gasteiger partial charge is 0.345 e. The third-order valence-electron chi connectivity index (χ3n) is 4.60. The summed E-state index contributed by atoms with van der Waals surface area (Å²) >= 11 is 0. The summed E-state index contributed by atoms with van der Waals surface area (Å²) in [6.07, 6.45) is 3.92. The molecule has 0 radical (unpaired) electrons. The minimum atomic E-state index is -0.124. The van der Waals surface area contributed by atoms with E-state index in [1.54, 1.807) is 0 Å². The standard InChI is InChI=1S/C19H19N3O/c1-21-12-7-10-15(19(21)23)18-17(14-8-3-2-4-9-14)20-16-11-5-6-13-22(16)18/h2-6,8-9,11,13,15H,7,10,12H2,1H3. The molecular weight excluding hydrogens is 286 g/mol. The van der Waals surface area contributed by atoms with Gasteiger partial charge < -0.3 is 9.30 Å². The Morgan fingerprint density at radius 2 is 1.87 bits per heavy atom. The quantitative estimate of drug-likeness (QED) is 0.728. The monoisotopic (exact) mass is 305 g/mol. The van der Waals surface area contributed by atoms with E-state index in [9.17, 15) is 4.79 Å². The summed E-state index contributed by atoms with van der Waals surface area (Å²) in [5.41, 5.74) is 3.89. The van der Waals surface area contributed by atoms with Gasteiger partial charge in [0.2, 0.25) is 5.91 Å². The summed E-state index contributed by atoms with van der Waals surface area (Å²) in [6.45, 7) is 0.840. The van der Waals surface area contributed by atoms with Gasteiger partial charge >= 0.3 is 0 Å². The second-order valence-electron chi connectivity index (χ2n) is 6.10. The summed E-state index contributed by atoms with van der Waals surface area (Å²) in [6, 6.07) is 16.1. The first kappa shape index (κ1) is 14.0. The molecule has 2 aromatic heterocycles. The van der Waals surface area contributed by atoms with Crippen molar-refractivity contribution in [2.24, 2.45) is 0 Å². The number of hydrogen-bond donors (Lipinski definition) is 0. The van der Waals surface area contributed by atoms with E-state index in [0.717, 1.165) is 42.0 Å². The number of aromatic nitrogens is 2. The molecule has 1 aliphatic heterocycles. The van der Waals surface area contributed by atoms with Gasteiger partial charge in [0.1, 0.15) is 5.65 Å². The van der Waals surface area contributed by atoms with E-state index < -0.39 is 0 Å². The number of likely N-dealkylation sites (N-methyl/N-ethyl adjacent to an activating group) is 1. The molecule has 0 saturated carbocycles. The third-order valence-corrected chi connectivity index (χ3v) is 4.60. The third kappa shape index (κ3) is 2.31. The van der Waals surface area contributed by atoms with E-state index in [1.165, 1.54) is 0 Å². The molecule has 1 fully saturated rings. The van der Waals surface area contributed by atoms with E-state index in [0.29, 0.717) is 0 Å². The maximum atomic E-state index is 12.7. The molecule has 1 amide bonds. The molecule has 4 heteroatoms. The first-order valence-corrected chi connectivity index (χ1v) is 8.03. The molecule has 0 bridgehead atoms. The van der Waals surface area contributed by atoms with E-state index >= 15 is 0 Å². The normalized spacial score (nSPS) is 18.6. The van der Waals surface area contributed by atoms with Crippen LogP contribution < -0.4 is 0 Å². The van der Waals surface area contributed by atoms with Crippen LogP contribution in [0.5, 0.6) is 0 Å². The highest BCUT2D eigenvalue weighted by molar-refractivity contribution is 5.86. The Kier molecular flexibility index (Phi) is 3.37. The lowest BCUT2D eigenvalue weighted by atomic mass is 9.91. The van der Waals surface area contributed by atoms with Crippen LogP contribution in [0.3, 0.4) is 0 Å². The number of carbonyl (C=O) groups is 1. The Hall–Kier alpha value is -2.62. The van der Waals surface area contributed by atoms with Gasteiger partial charge in [0.25, 0.3) is 0 Å². The van der Waals surface area contributed by atoms with E-state index in [1.807, 2.05) is 54.5 Å². The second-order valence-corrected chi connectivity index (χ2v) is 6.10. The average Bonchev–Trinajstić information content (AvgIpc) is 2.97. The van der Waals surface area contributed by atoms with Gasteiger partial charge in [-0.1, -0.05) is 36.4 Å². The molecule has 0 spiro atoms. The molecule has 1 atom stereocenters. The van der Waals surface area contributed by atoms with Gasteiger partial charge in [-0.15, -0.1) is 0 Å². The molecular formula is C19H19N3O. The molecule has 4 rings (SSSR count). The minimum absolute atomic E-state index is 0.124. The molecule has 1 saturated heterocycles. The van der Waals surface area contributed by atoms with Crippen LogP contribution in [0.4, 0.5) is 0 Å². The van der Waals surface area contributed by atoms with Crippen molar-refractivity contribution in [3.05, 3.63) is 60.4 Å². The molecule has 116 valence electrons. The zero-order valence-corrected chi connectivity index (χ0v) is 13.1. The number of amides is 1. The summed E-state index contributed by atoms with van der Waals surface area (Å²) in [5.74, 6) is 0.0699. The van der Waals surface area contributed by atoms with Crippen LogP contribution in [0.1, 0.15) is 24.5 Å². The Morgan fingerprint density at radius 3 is 2.70 bits per heavy atom. The number of pyridine rings is 1. The highest BCUT2D eigenvalue weighted by Gasteiger charge is 2.32. The highest BCUT2D eigenvalue weighted by Crippen LogP contribution is 2.35. The Morgan fingerprint density at radius 1 is 1.09 bits per heavy atom. The number of rotatable bonds is 2. The number of nitrogens with zero attached hydrogens (tertiary/aromatic N) is 3. The van der Waals surface area contributed by atoms with Crippen molar-refractivity contribution in [1.29, 1.82) is 0 Å². The van der Waals surface area contributed by atoms with Crippen molar-refractivity contribution in [3.8, 4) is 11.3 Å². The number of carbonyl (C=O) groups excluding carboxylic acids is 1. The fraction of sp³-hybridized carbons (Fsp3) is 0.263. The minimum Gasteiger partial charge on any atom is -0.345 e. The average molecular weight is 305 g/mol. The lowest BCUT2D eigenvalue weighted by Crippen LogP contribution is -2.37. The molecule has 3 aromatic rings. The van der Waals surface area contributed by atoms with Crippen LogP contribution in [0.25, 0.3) is 16.9 Å². The van der Waals surface area contributed by atoms with Crippen LogP contribution >= 0.6 is 0 Å². The zero-order chi connectivity index (χ0) is 15.8. The van der Waals surface area contributed by atoms with Crippen LogP contribution in [0.2, 0.25) is 0 Å². The first-order chi connectivity index (χ1) is 11.3. The maximum absolute atomic E-state index is 12.7. The molecule has 23 heavy (non-hydrogen) atoms. The van der Waals surface area contributed by atoms with Gasteiger partial charge in [0.15, 0.2) is 0 Å². The Labute approximate surface area is 135 Å². The summed E-state index contributed by atoms with van der Waals surface area (Å²) in [5, 5.41) is 0. The van der Waals surface area contributed by atoms with Crippen LogP contribution in [0, 0.1) is 0 Å². The number of benzene rings is 1. The zero-order valence-electron chi connectivity index (χ0n) is 13.1. The van der Waals surface area contributed by atoms with Crippen molar-refractivity contribution < 1.29 is 4.79 Å². The van der Waals surface area contributed by atoms with Gasteiger partial charge in [-0.05, 0) is 25.0 Å². The van der Waals surface area contributed by atoms with Gasteiger partial charge in [-0.2, -0.15) is 0 Å². The molecule has 1 aliphatic rings.